The van der Waals surface area contributed by atoms with Gasteiger partial charge in [-0.15, -0.1) is 0 Å². The fraction of sp³-hybridized carbons (Fsp3) is 0.227. The number of ketones is 1. The van der Waals surface area contributed by atoms with Crippen LogP contribution in [0.15, 0.2) is 41.3 Å². The second kappa shape index (κ2) is 7.80. The Morgan fingerprint density at radius 1 is 1.24 bits per heavy atom. The van der Waals surface area contributed by atoms with Crippen molar-refractivity contribution in [2.45, 2.75) is 19.9 Å². The highest BCUT2D eigenvalue weighted by Crippen LogP contribution is 2.43. The zero-order valence-corrected chi connectivity index (χ0v) is 19.0. The van der Waals surface area contributed by atoms with E-state index in [9.17, 15) is 14.0 Å². The van der Waals surface area contributed by atoms with E-state index in [4.69, 9.17) is 23.1 Å². The molecule has 174 valence electrons. The molecule has 1 aliphatic heterocycles. The Morgan fingerprint density at radius 3 is 2.68 bits per heavy atom. The minimum Gasteiger partial charge on any atom is -0.383 e. The number of fused-ring (bicyclic) bond motifs is 1. The smallest absolute Gasteiger partial charge is 0.284 e. The SMILES string of the molecule is CC(=O)c1c(N)nc(N)nc1N1C[C@H](C)C1c1nn2ccc(Cl)c2c(=O)n1-c1cccc(F)c1. The molecule has 34 heavy (non-hydrogen) atoms. The number of Topliss-reactive ketones (excluding diaryl/α,β-unsaturated/α-hetero) is 1. The number of carbonyl (C=O) groups excluding carboxylic acids is 1. The van der Waals surface area contributed by atoms with E-state index in [1.807, 2.05) is 6.92 Å². The summed E-state index contributed by atoms with van der Waals surface area (Å²) >= 11 is 6.25. The summed E-state index contributed by atoms with van der Waals surface area (Å²) in [6, 6.07) is 6.70. The zero-order chi connectivity index (χ0) is 24.3. The highest BCUT2D eigenvalue weighted by atomic mass is 35.5. The van der Waals surface area contributed by atoms with E-state index < -0.39 is 17.4 Å². The average molecular weight is 483 g/mol. The molecule has 2 atom stereocenters. The molecule has 0 saturated carbocycles. The van der Waals surface area contributed by atoms with Gasteiger partial charge in [0.25, 0.3) is 5.56 Å². The third-order valence-corrected chi connectivity index (χ3v) is 6.22. The molecule has 0 bridgehead atoms. The number of nitrogens with zero attached hydrogens (tertiary/aromatic N) is 6. The van der Waals surface area contributed by atoms with Crippen LogP contribution in [0.5, 0.6) is 0 Å². The Kier molecular flexibility index (Phi) is 5.01. The van der Waals surface area contributed by atoms with Crippen LogP contribution in [0.3, 0.4) is 0 Å². The molecule has 1 aliphatic rings. The van der Waals surface area contributed by atoms with Crippen molar-refractivity contribution in [3.05, 3.63) is 69.1 Å². The second-order valence-corrected chi connectivity index (χ2v) is 8.64. The highest BCUT2D eigenvalue weighted by molar-refractivity contribution is 6.33. The van der Waals surface area contributed by atoms with Crippen LogP contribution >= 0.6 is 11.6 Å². The fourth-order valence-corrected chi connectivity index (χ4v) is 4.66. The van der Waals surface area contributed by atoms with Gasteiger partial charge in [-0.05, 0) is 31.2 Å². The van der Waals surface area contributed by atoms with Crippen molar-refractivity contribution in [3.8, 4) is 5.69 Å². The van der Waals surface area contributed by atoms with Crippen molar-refractivity contribution in [1.29, 1.82) is 0 Å². The van der Waals surface area contributed by atoms with E-state index in [-0.39, 0.29) is 45.4 Å². The van der Waals surface area contributed by atoms with Crippen molar-refractivity contribution in [1.82, 2.24) is 24.1 Å². The summed E-state index contributed by atoms with van der Waals surface area (Å²) < 4.78 is 16.9. The molecule has 4 aromatic rings. The Bertz CT molecular complexity index is 1530. The fourth-order valence-electron chi connectivity index (χ4n) is 4.44. The lowest BCUT2D eigenvalue weighted by Gasteiger charge is -2.47. The largest absolute Gasteiger partial charge is 0.383 e. The zero-order valence-electron chi connectivity index (χ0n) is 18.2. The van der Waals surface area contributed by atoms with Crippen molar-refractivity contribution in [2.24, 2.45) is 5.92 Å². The number of benzene rings is 1. The van der Waals surface area contributed by atoms with Crippen LogP contribution < -0.4 is 21.9 Å². The lowest BCUT2D eigenvalue weighted by atomic mass is 9.88. The van der Waals surface area contributed by atoms with Gasteiger partial charge in [0.15, 0.2) is 11.6 Å². The van der Waals surface area contributed by atoms with Gasteiger partial charge in [0.1, 0.15) is 28.5 Å². The minimum absolute atomic E-state index is 0.00702. The molecule has 0 amide bonds. The second-order valence-electron chi connectivity index (χ2n) is 8.23. The van der Waals surface area contributed by atoms with Gasteiger partial charge >= 0.3 is 0 Å². The molecule has 10 nitrogen and oxygen atoms in total. The first-order chi connectivity index (χ1) is 16.2. The maximum Gasteiger partial charge on any atom is 0.284 e. The number of hydrogen-bond acceptors (Lipinski definition) is 8. The van der Waals surface area contributed by atoms with Gasteiger partial charge in [-0.3, -0.25) is 14.2 Å². The number of nitrogen functional groups attached to an aromatic ring is 2. The molecule has 12 heteroatoms. The van der Waals surface area contributed by atoms with E-state index in [1.54, 1.807) is 23.2 Å². The van der Waals surface area contributed by atoms with Crippen LogP contribution in [-0.2, 0) is 0 Å². The van der Waals surface area contributed by atoms with E-state index in [0.29, 0.717) is 18.1 Å². The number of anilines is 3. The number of nitrogens with two attached hydrogens (primary N) is 2. The third kappa shape index (κ3) is 3.27. The highest BCUT2D eigenvalue weighted by Gasteiger charge is 2.43. The Balaban J connectivity index is 1.77. The molecule has 1 aromatic carbocycles. The molecule has 3 aromatic heterocycles. The van der Waals surface area contributed by atoms with Crippen LogP contribution in [-0.4, -0.2) is 36.5 Å². The van der Waals surface area contributed by atoms with Crippen molar-refractivity contribution < 1.29 is 9.18 Å². The molecular formula is C22H20ClFN8O2. The molecule has 5 rings (SSSR count). The van der Waals surface area contributed by atoms with Crippen molar-refractivity contribution in [3.63, 3.8) is 0 Å². The van der Waals surface area contributed by atoms with E-state index in [2.05, 4.69) is 15.1 Å². The average Bonchev–Trinajstić information content (AvgIpc) is 3.12. The standard InChI is InChI=1S/C22H20ClFN8O2/c1-10-9-30(19-15(11(2)33)18(25)27-22(26)28-19)16(10)20-29-31-7-6-14(23)17(31)21(34)32(20)13-5-3-4-12(24)8-13/h3-8,10,16H,9H2,1-2H3,(H4,25,26,27,28)/t10-,16?/m0/s1. The number of rotatable bonds is 4. The van der Waals surface area contributed by atoms with Crippen LogP contribution in [0.1, 0.15) is 36.1 Å². The maximum atomic E-state index is 14.1. The van der Waals surface area contributed by atoms with Gasteiger partial charge in [-0.2, -0.15) is 15.1 Å². The first-order valence-corrected chi connectivity index (χ1v) is 10.8. The van der Waals surface area contributed by atoms with Gasteiger partial charge in [0.2, 0.25) is 5.95 Å². The van der Waals surface area contributed by atoms with Gasteiger partial charge in [0.05, 0.1) is 16.8 Å². The maximum absolute atomic E-state index is 14.1. The number of carbonyl (C=O) groups is 1. The third-order valence-electron chi connectivity index (χ3n) is 5.91. The normalized spacial score (nSPS) is 17.7. The summed E-state index contributed by atoms with van der Waals surface area (Å²) in [5.41, 5.74) is 11.9. The molecule has 0 radical (unpaired) electrons. The lowest BCUT2D eigenvalue weighted by molar-refractivity contribution is 0.101. The topological polar surface area (TPSA) is 137 Å². The summed E-state index contributed by atoms with van der Waals surface area (Å²) in [5, 5.41) is 4.90. The quantitative estimate of drug-likeness (QED) is 0.423. The number of aromatic nitrogens is 5. The number of halogens is 2. The first-order valence-electron chi connectivity index (χ1n) is 10.4. The van der Waals surface area contributed by atoms with Crippen LogP contribution in [0.2, 0.25) is 5.02 Å². The monoisotopic (exact) mass is 482 g/mol. The molecule has 1 unspecified atom stereocenters. The Labute approximate surface area is 197 Å². The molecule has 1 saturated heterocycles. The predicted molar refractivity (Wildman–Crippen MR) is 126 cm³/mol. The van der Waals surface area contributed by atoms with Gasteiger partial charge in [-0.25, -0.2) is 8.91 Å². The molecule has 4 N–H and O–H groups in total. The molecule has 0 aliphatic carbocycles. The molecule has 4 heterocycles. The summed E-state index contributed by atoms with van der Waals surface area (Å²) in [5.74, 6) is -0.382. The molecule has 1 fully saturated rings. The van der Waals surface area contributed by atoms with Gasteiger partial charge in [0, 0.05) is 18.7 Å². The van der Waals surface area contributed by atoms with Crippen LogP contribution in [0.25, 0.3) is 11.2 Å². The van der Waals surface area contributed by atoms with Crippen molar-refractivity contribution in [2.75, 3.05) is 22.9 Å². The van der Waals surface area contributed by atoms with E-state index >= 15 is 0 Å². The van der Waals surface area contributed by atoms with E-state index in [0.717, 1.165) is 0 Å². The lowest BCUT2D eigenvalue weighted by Crippen LogP contribution is -2.52. The summed E-state index contributed by atoms with van der Waals surface area (Å²) in [7, 11) is 0. The Hall–Kier alpha value is -3.99. The minimum atomic E-state index is -0.509. The summed E-state index contributed by atoms with van der Waals surface area (Å²) in [6.45, 7) is 3.82. The molecular weight excluding hydrogens is 463 g/mol. The van der Waals surface area contributed by atoms with Crippen molar-refractivity contribution >= 4 is 40.5 Å². The van der Waals surface area contributed by atoms with Gasteiger partial charge in [-0.1, -0.05) is 24.6 Å². The van der Waals surface area contributed by atoms with Gasteiger partial charge < -0.3 is 16.4 Å². The van der Waals surface area contributed by atoms with Crippen LogP contribution in [0.4, 0.5) is 22.0 Å². The first kappa shape index (κ1) is 21.8. The number of hydrogen-bond donors (Lipinski definition) is 2. The molecule has 0 spiro atoms. The van der Waals surface area contributed by atoms with Crippen LogP contribution in [0, 0.1) is 11.7 Å². The summed E-state index contributed by atoms with van der Waals surface area (Å²) in [4.78, 5) is 35.9. The Morgan fingerprint density at radius 2 is 2.00 bits per heavy atom. The predicted octanol–water partition coefficient (Wildman–Crippen LogP) is 2.63. The van der Waals surface area contributed by atoms with E-state index in [1.165, 1.54) is 34.2 Å². The summed E-state index contributed by atoms with van der Waals surface area (Å²) in [6.07, 6.45) is 1.58.